The topological polar surface area (TPSA) is 68.3 Å². The Morgan fingerprint density at radius 3 is 1.00 bits per heavy atom. The Labute approximate surface area is 129 Å². The second-order valence-corrected chi connectivity index (χ2v) is 8.97. The standard InChI is InChI=1S/C12H8O4S4/c13-7-5(11-17-1-2-18-11)8(14)10(16)6(9(7)15)12-19-3-4-20-12/h1-4H2. The van der Waals surface area contributed by atoms with Gasteiger partial charge in [-0.2, -0.15) is 0 Å². The van der Waals surface area contributed by atoms with Gasteiger partial charge >= 0.3 is 0 Å². The van der Waals surface area contributed by atoms with Crippen LogP contribution in [-0.2, 0) is 0 Å². The van der Waals surface area contributed by atoms with Crippen molar-refractivity contribution in [3.63, 3.8) is 0 Å². The van der Waals surface area contributed by atoms with Gasteiger partial charge in [0.25, 0.3) is 0 Å². The average molecular weight is 344 g/mol. The van der Waals surface area contributed by atoms with Gasteiger partial charge in [0.2, 0.25) is 21.7 Å². The molecule has 0 atom stereocenters. The third-order valence-corrected chi connectivity index (χ3v) is 8.26. The smallest absolute Gasteiger partial charge is 0.239 e. The predicted octanol–water partition coefficient (Wildman–Crippen LogP) is -0.906. The van der Waals surface area contributed by atoms with Gasteiger partial charge in [-0.05, 0) is 0 Å². The molecule has 0 unspecified atom stereocenters. The van der Waals surface area contributed by atoms with Crippen molar-refractivity contribution in [1.29, 1.82) is 0 Å². The Bertz CT molecular complexity index is 753. The van der Waals surface area contributed by atoms with Gasteiger partial charge < -0.3 is 0 Å². The molecule has 3 rings (SSSR count). The third-order valence-electron chi connectivity index (χ3n) is 2.83. The summed E-state index contributed by atoms with van der Waals surface area (Å²) in [5.74, 6) is 3.14. The van der Waals surface area contributed by atoms with E-state index in [0.717, 1.165) is 23.0 Å². The summed E-state index contributed by atoms with van der Waals surface area (Å²) in [4.78, 5) is 48.7. The van der Waals surface area contributed by atoms with Crippen molar-refractivity contribution >= 4 is 55.5 Å². The first-order valence-corrected chi connectivity index (χ1v) is 9.73. The van der Waals surface area contributed by atoms with Gasteiger partial charge in [0.15, 0.2) is 0 Å². The molecule has 1 aromatic rings. The highest BCUT2D eigenvalue weighted by Crippen LogP contribution is 2.36. The molecule has 0 spiro atoms. The summed E-state index contributed by atoms with van der Waals surface area (Å²) in [7, 11) is 0. The van der Waals surface area contributed by atoms with Crippen LogP contribution in [0.25, 0.3) is 8.47 Å². The molecule has 2 aliphatic heterocycles. The van der Waals surface area contributed by atoms with Crippen LogP contribution in [0, 0.1) is 0 Å². The number of hydrogen-bond donors (Lipinski definition) is 0. The maximum absolute atomic E-state index is 12.2. The first-order chi connectivity index (χ1) is 9.61. The summed E-state index contributed by atoms with van der Waals surface area (Å²) >= 11 is 5.46. The lowest BCUT2D eigenvalue weighted by molar-refractivity contribution is 1.26. The fraction of sp³-hybridized carbons (Fsp3) is 0.333. The third kappa shape index (κ3) is 2.32. The monoisotopic (exact) mass is 344 g/mol. The minimum Gasteiger partial charge on any atom is -0.285 e. The van der Waals surface area contributed by atoms with Crippen LogP contribution < -0.4 is 32.2 Å². The largest absolute Gasteiger partial charge is 0.285 e. The molecule has 2 saturated heterocycles. The molecule has 4 nitrogen and oxygen atoms in total. The number of rotatable bonds is 0. The molecule has 104 valence electrons. The van der Waals surface area contributed by atoms with Crippen LogP contribution in [0.2, 0.25) is 0 Å². The Kier molecular flexibility index (Phi) is 4.16. The fourth-order valence-electron chi connectivity index (χ4n) is 1.94. The van der Waals surface area contributed by atoms with Crippen molar-refractivity contribution in [2.45, 2.75) is 0 Å². The van der Waals surface area contributed by atoms with Crippen molar-refractivity contribution < 1.29 is 0 Å². The van der Waals surface area contributed by atoms with Crippen molar-refractivity contribution in [2.75, 3.05) is 23.0 Å². The van der Waals surface area contributed by atoms with Crippen LogP contribution >= 0.6 is 47.0 Å². The Morgan fingerprint density at radius 2 is 0.750 bits per heavy atom. The first-order valence-electron chi connectivity index (χ1n) is 5.79. The van der Waals surface area contributed by atoms with Crippen molar-refractivity contribution in [3.05, 3.63) is 51.3 Å². The number of benzene rings is 1. The molecule has 0 N–H and O–H groups in total. The van der Waals surface area contributed by atoms with Crippen molar-refractivity contribution in [3.8, 4) is 0 Å². The molecule has 0 bridgehead atoms. The van der Waals surface area contributed by atoms with E-state index in [0.29, 0.717) is 8.47 Å². The van der Waals surface area contributed by atoms with E-state index in [9.17, 15) is 19.2 Å². The molecular formula is C12H8O4S4. The number of thioether (sulfide) groups is 4. The van der Waals surface area contributed by atoms with E-state index in [4.69, 9.17) is 0 Å². The van der Waals surface area contributed by atoms with E-state index in [-0.39, 0.29) is 10.4 Å². The lowest BCUT2D eigenvalue weighted by Gasteiger charge is -1.94. The SMILES string of the molecule is O=c1c(=O)c(=C2SCCS2)c(=O)c(=O)c1=C1SCCS1. The van der Waals surface area contributed by atoms with Gasteiger partial charge in [0.1, 0.15) is 0 Å². The van der Waals surface area contributed by atoms with Crippen LogP contribution in [0.15, 0.2) is 19.2 Å². The van der Waals surface area contributed by atoms with Gasteiger partial charge in [0.05, 0.1) is 18.9 Å². The molecule has 20 heavy (non-hydrogen) atoms. The normalized spacial score (nSPS) is 19.0. The highest BCUT2D eigenvalue weighted by molar-refractivity contribution is 8.33. The van der Waals surface area contributed by atoms with Crippen LogP contribution in [0.3, 0.4) is 0 Å². The summed E-state index contributed by atoms with van der Waals surface area (Å²) in [6, 6.07) is 0. The Hall–Kier alpha value is -0.440. The van der Waals surface area contributed by atoms with Gasteiger partial charge in [-0.25, -0.2) is 0 Å². The summed E-state index contributed by atoms with van der Waals surface area (Å²) in [6.07, 6.45) is 0. The average Bonchev–Trinajstić information content (AvgIpc) is 3.10. The maximum atomic E-state index is 12.2. The van der Waals surface area contributed by atoms with Gasteiger partial charge in [-0.1, -0.05) is 0 Å². The quantitative estimate of drug-likeness (QED) is 0.561. The lowest BCUT2D eigenvalue weighted by Crippen LogP contribution is -2.64. The minimum atomic E-state index is -0.818. The van der Waals surface area contributed by atoms with E-state index in [1.54, 1.807) is 0 Å². The molecule has 2 heterocycles. The zero-order valence-corrected chi connectivity index (χ0v) is 13.4. The van der Waals surface area contributed by atoms with Crippen molar-refractivity contribution in [1.82, 2.24) is 0 Å². The zero-order chi connectivity index (χ0) is 14.3. The minimum absolute atomic E-state index is 0.204. The summed E-state index contributed by atoms with van der Waals surface area (Å²) in [5.41, 5.74) is -3.27. The summed E-state index contributed by atoms with van der Waals surface area (Å²) in [5, 5.41) is -0.408. The van der Waals surface area contributed by atoms with Crippen LogP contribution in [0.4, 0.5) is 0 Å². The molecule has 8 heteroatoms. The van der Waals surface area contributed by atoms with Gasteiger partial charge in [-0.15, -0.1) is 47.0 Å². The summed E-state index contributed by atoms with van der Waals surface area (Å²) < 4.78 is 1.05. The Morgan fingerprint density at radius 1 is 0.500 bits per heavy atom. The zero-order valence-electron chi connectivity index (χ0n) is 10.1. The highest BCUT2D eigenvalue weighted by Gasteiger charge is 2.20. The predicted molar refractivity (Wildman–Crippen MR) is 89.8 cm³/mol. The van der Waals surface area contributed by atoms with E-state index in [1.165, 1.54) is 47.0 Å². The number of hydrogen-bond acceptors (Lipinski definition) is 8. The van der Waals surface area contributed by atoms with Gasteiger partial charge in [-0.3, -0.25) is 19.2 Å². The maximum Gasteiger partial charge on any atom is 0.239 e. The van der Waals surface area contributed by atoms with Crippen LogP contribution in [0.5, 0.6) is 0 Å². The van der Waals surface area contributed by atoms with E-state index < -0.39 is 21.7 Å². The molecule has 2 aliphatic rings. The van der Waals surface area contributed by atoms with E-state index in [2.05, 4.69) is 0 Å². The first kappa shape index (κ1) is 14.5. The fourth-order valence-corrected chi connectivity index (χ4v) is 7.00. The van der Waals surface area contributed by atoms with Gasteiger partial charge in [0, 0.05) is 23.0 Å². The van der Waals surface area contributed by atoms with E-state index in [1.807, 2.05) is 0 Å². The molecule has 1 aromatic carbocycles. The molecule has 0 aromatic heterocycles. The lowest BCUT2D eigenvalue weighted by atomic mass is 10.2. The van der Waals surface area contributed by atoms with E-state index >= 15 is 0 Å². The Balaban J connectivity index is 2.53. The molecular weight excluding hydrogens is 336 g/mol. The van der Waals surface area contributed by atoms with Crippen LogP contribution in [-0.4, -0.2) is 23.0 Å². The molecule has 0 saturated carbocycles. The van der Waals surface area contributed by atoms with Crippen LogP contribution in [0.1, 0.15) is 0 Å². The molecule has 0 radical (unpaired) electrons. The molecule has 2 fully saturated rings. The molecule has 0 aliphatic carbocycles. The van der Waals surface area contributed by atoms with Crippen molar-refractivity contribution in [2.24, 2.45) is 0 Å². The highest BCUT2D eigenvalue weighted by atomic mass is 32.2. The summed E-state index contributed by atoms with van der Waals surface area (Å²) in [6.45, 7) is 0. The second kappa shape index (κ2) is 5.75. The molecule has 0 amide bonds. The second-order valence-electron chi connectivity index (χ2n) is 4.04.